The van der Waals surface area contributed by atoms with Crippen LogP contribution in [-0.4, -0.2) is 39.0 Å². The number of carboxylic acid groups (broad SMARTS) is 2. The summed E-state index contributed by atoms with van der Waals surface area (Å²) in [6, 6.07) is 6.08. The zero-order valence-corrected chi connectivity index (χ0v) is 11.2. The summed E-state index contributed by atoms with van der Waals surface area (Å²) < 4.78 is 5.87. The molecule has 2 N–H and O–H groups in total. The molecule has 0 aliphatic carbocycles. The summed E-state index contributed by atoms with van der Waals surface area (Å²) >= 11 is 0. The second kappa shape index (κ2) is 5.85. The van der Waals surface area contributed by atoms with Crippen molar-refractivity contribution < 1.29 is 24.5 Å². The molecule has 0 radical (unpaired) electrons. The fourth-order valence-electron chi connectivity index (χ4n) is 1.80. The topological polar surface area (TPSA) is 150 Å². The van der Waals surface area contributed by atoms with E-state index in [2.05, 4.69) is 15.1 Å². The van der Waals surface area contributed by atoms with E-state index in [1.165, 1.54) is 19.2 Å². The molecule has 0 spiro atoms. The zero-order valence-electron chi connectivity index (χ0n) is 11.2. The van der Waals surface area contributed by atoms with E-state index < -0.39 is 29.0 Å². The van der Waals surface area contributed by atoms with E-state index >= 15 is 0 Å². The molecule has 10 heteroatoms. The van der Waals surface area contributed by atoms with Gasteiger partial charge in [0.1, 0.15) is 11.4 Å². The van der Waals surface area contributed by atoms with Gasteiger partial charge in [0.25, 0.3) is 0 Å². The molecule has 0 fully saturated rings. The van der Waals surface area contributed by atoms with E-state index in [9.17, 15) is 14.7 Å². The summed E-state index contributed by atoms with van der Waals surface area (Å²) in [5, 5.41) is 25.2. The number of aromatic carboxylic acids is 2. The van der Waals surface area contributed by atoms with Crippen molar-refractivity contribution in [1.82, 2.24) is 9.78 Å². The van der Waals surface area contributed by atoms with Gasteiger partial charge >= 0.3 is 11.9 Å². The van der Waals surface area contributed by atoms with Gasteiger partial charge in [0, 0.05) is 4.91 Å². The maximum Gasteiger partial charge on any atom is 0.356 e. The molecule has 0 atom stereocenters. The summed E-state index contributed by atoms with van der Waals surface area (Å²) in [4.78, 5) is 25.0. The number of hydrogen-bond donors (Lipinski definition) is 2. The summed E-state index contributed by atoms with van der Waals surface area (Å²) in [5.74, 6) is -2.45. The molecule has 0 unspecified atom stereocenters. The number of rotatable bonds is 5. The summed E-state index contributed by atoms with van der Waals surface area (Å²) in [6.07, 6.45) is 0. The Morgan fingerprint density at radius 3 is 2.36 bits per heavy atom. The average Bonchev–Trinajstić information content (AvgIpc) is 2.87. The van der Waals surface area contributed by atoms with Crippen molar-refractivity contribution in [2.75, 3.05) is 7.11 Å². The standard InChI is InChI=1S/C12H9N5O5/c1-22-7-4-2-6(3-5-7)17-10(12(20)21)8(14-16-13)9(15-17)11(18)19/h2-5H,1H3,(H,18,19)(H,20,21). The number of carbonyl (C=O) groups is 2. The van der Waals surface area contributed by atoms with Crippen LogP contribution in [0.3, 0.4) is 0 Å². The van der Waals surface area contributed by atoms with Crippen LogP contribution in [0.15, 0.2) is 29.4 Å². The molecule has 0 saturated carbocycles. The molecular formula is C12H9N5O5. The van der Waals surface area contributed by atoms with E-state index in [4.69, 9.17) is 15.4 Å². The second-order valence-electron chi connectivity index (χ2n) is 3.96. The van der Waals surface area contributed by atoms with Crippen LogP contribution < -0.4 is 4.74 Å². The van der Waals surface area contributed by atoms with Gasteiger partial charge in [-0.25, -0.2) is 14.3 Å². The van der Waals surface area contributed by atoms with Crippen LogP contribution in [0.1, 0.15) is 21.0 Å². The smallest absolute Gasteiger partial charge is 0.356 e. The lowest BCUT2D eigenvalue weighted by atomic mass is 10.2. The third-order valence-electron chi connectivity index (χ3n) is 2.73. The lowest BCUT2D eigenvalue weighted by Gasteiger charge is -2.05. The molecule has 22 heavy (non-hydrogen) atoms. The van der Waals surface area contributed by atoms with E-state index in [1.54, 1.807) is 12.1 Å². The minimum atomic E-state index is -1.50. The highest BCUT2D eigenvalue weighted by atomic mass is 16.5. The number of ether oxygens (including phenoxy) is 1. The minimum absolute atomic E-state index is 0.278. The summed E-state index contributed by atoms with van der Waals surface area (Å²) in [5.41, 5.74) is 7.03. The van der Waals surface area contributed by atoms with Crippen LogP contribution >= 0.6 is 0 Å². The van der Waals surface area contributed by atoms with Crippen LogP contribution in [-0.2, 0) is 0 Å². The Kier molecular flexibility index (Phi) is 3.96. The molecule has 1 heterocycles. The molecule has 1 aromatic heterocycles. The van der Waals surface area contributed by atoms with E-state index in [1.807, 2.05) is 0 Å². The number of carboxylic acids is 2. The van der Waals surface area contributed by atoms with Crippen molar-refractivity contribution in [2.45, 2.75) is 0 Å². The lowest BCUT2D eigenvalue weighted by Crippen LogP contribution is -2.08. The summed E-state index contributed by atoms with van der Waals surface area (Å²) in [7, 11) is 1.47. The van der Waals surface area contributed by atoms with Crippen molar-refractivity contribution in [3.8, 4) is 11.4 Å². The Morgan fingerprint density at radius 2 is 1.91 bits per heavy atom. The number of azide groups is 1. The first kappa shape index (κ1) is 14.9. The van der Waals surface area contributed by atoms with E-state index in [0.29, 0.717) is 5.75 Å². The highest BCUT2D eigenvalue weighted by molar-refractivity contribution is 6.00. The molecule has 2 aromatic rings. The lowest BCUT2D eigenvalue weighted by molar-refractivity contribution is 0.0679. The molecule has 0 bridgehead atoms. The maximum atomic E-state index is 11.4. The number of hydrogen-bond acceptors (Lipinski definition) is 5. The van der Waals surface area contributed by atoms with Gasteiger partial charge in [0.05, 0.1) is 12.8 Å². The van der Waals surface area contributed by atoms with Crippen LogP contribution in [0.2, 0.25) is 0 Å². The highest BCUT2D eigenvalue weighted by Gasteiger charge is 2.26. The Balaban J connectivity index is 2.73. The Hall–Kier alpha value is -3.52. The third kappa shape index (κ3) is 2.53. The predicted molar refractivity (Wildman–Crippen MR) is 72.8 cm³/mol. The minimum Gasteiger partial charge on any atom is -0.497 e. The van der Waals surface area contributed by atoms with Gasteiger partial charge < -0.3 is 14.9 Å². The number of methoxy groups -OCH3 is 1. The van der Waals surface area contributed by atoms with Crippen LogP contribution in [0.25, 0.3) is 16.1 Å². The largest absolute Gasteiger partial charge is 0.497 e. The third-order valence-corrected chi connectivity index (χ3v) is 2.73. The van der Waals surface area contributed by atoms with Crippen molar-refractivity contribution in [3.05, 3.63) is 46.1 Å². The fraction of sp³-hybridized carbons (Fsp3) is 0.0833. The van der Waals surface area contributed by atoms with E-state index in [0.717, 1.165) is 4.68 Å². The van der Waals surface area contributed by atoms with Gasteiger partial charge in [-0.05, 0) is 29.8 Å². The quantitative estimate of drug-likeness (QED) is 0.491. The van der Waals surface area contributed by atoms with E-state index in [-0.39, 0.29) is 5.69 Å². The van der Waals surface area contributed by atoms with Crippen molar-refractivity contribution in [2.24, 2.45) is 5.11 Å². The number of aromatic nitrogens is 2. The molecule has 1 aromatic carbocycles. The fourth-order valence-corrected chi connectivity index (χ4v) is 1.80. The first-order valence-electron chi connectivity index (χ1n) is 5.78. The molecule has 112 valence electrons. The van der Waals surface area contributed by atoms with Crippen molar-refractivity contribution >= 4 is 17.6 Å². The Bertz CT molecular complexity index is 789. The number of nitrogens with zero attached hydrogens (tertiary/aromatic N) is 5. The molecule has 10 nitrogen and oxygen atoms in total. The monoisotopic (exact) mass is 303 g/mol. The van der Waals surface area contributed by atoms with Crippen molar-refractivity contribution in [1.29, 1.82) is 0 Å². The van der Waals surface area contributed by atoms with Crippen LogP contribution in [0.5, 0.6) is 5.75 Å². The first-order valence-corrected chi connectivity index (χ1v) is 5.78. The Morgan fingerprint density at radius 1 is 1.27 bits per heavy atom. The molecular weight excluding hydrogens is 294 g/mol. The van der Waals surface area contributed by atoms with Gasteiger partial charge in [-0.2, -0.15) is 5.10 Å². The highest BCUT2D eigenvalue weighted by Crippen LogP contribution is 2.28. The van der Waals surface area contributed by atoms with Gasteiger partial charge in [0.15, 0.2) is 11.4 Å². The summed E-state index contributed by atoms with van der Waals surface area (Å²) in [6.45, 7) is 0. The zero-order chi connectivity index (χ0) is 16.3. The molecule has 0 saturated heterocycles. The molecule has 0 amide bonds. The molecule has 2 rings (SSSR count). The van der Waals surface area contributed by atoms with Crippen molar-refractivity contribution in [3.63, 3.8) is 0 Å². The van der Waals surface area contributed by atoms with Crippen LogP contribution in [0, 0.1) is 0 Å². The normalized spacial score (nSPS) is 9.86. The predicted octanol–water partition coefficient (Wildman–Crippen LogP) is 2.22. The number of benzene rings is 1. The first-order chi connectivity index (χ1) is 10.5. The van der Waals surface area contributed by atoms with Gasteiger partial charge in [0.2, 0.25) is 0 Å². The molecule has 0 aliphatic heterocycles. The van der Waals surface area contributed by atoms with Crippen LogP contribution in [0.4, 0.5) is 5.69 Å². The maximum absolute atomic E-state index is 11.4. The SMILES string of the molecule is COc1ccc(-n2nc(C(=O)O)c(N=[N+]=[N-])c2C(=O)O)cc1. The molecule has 0 aliphatic rings. The Labute approximate surface area is 122 Å². The second-order valence-corrected chi connectivity index (χ2v) is 3.96. The average molecular weight is 303 g/mol. The van der Waals surface area contributed by atoms with Gasteiger partial charge in [-0.15, -0.1) is 0 Å². The van der Waals surface area contributed by atoms with Gasteiger partial charge in [-0.3, -0.25) is 0 Å². The van der Waals surface area contributed by atoms with Gasteiger partial charge in [-0.1, -0.05) is 5.11 Å².